The summed E-state index contributed by atoms with van der Waals surface area (Å²) in [6.45, 7) is 1.63. The van der Waals surface area contributed by atoms with Crippen LogP contribution in [0.4, 0.5) is 5.69 Å². The highest BCUT2D eigenvalue weighted by Gasteiger charge is 2.42. The molecule has 2 unspecified atom stereocenters. The molecule has 0 aliphatic carbocycles. The minimum atomic E-state index is -0.570. The van der Waals surface area contributed by atoms with Crippen molar-refractivity contribution >= 4 is 5.69 Å². The van der Waals surface area contributed by atoms with Gasteiger partial charge in [-0.3, -0.25) is 0 Å². The van der Waals surface area contributed by atoms with Crippen LogP contribution in [0.15, 0.2) is 24.3 Å². The lowest BCUT2D eigenvalue weighted by Gasteiger charge is -2.29. The van der Waals surface area contributed by atoms with Gasteiger partial charge in [0, 0.05) is 12.2 Å². The van der Waals surface area contributed by atoms with Crippen molar-refractivity contribution in [3.63, 3.8) is 0 Å². The third-order valence-corrected chi connectivity index (χ3v) is 3.59. The van der Waals surface area contributed by atoms with Crippen LogP contribution in [0.5, 0.6) is 0 Å². The number of fused-ring (bicyclic) bond motifs is 1. The van der Waals surface area contributed by atoms with Crippen molar-refractivity contribution in [2.75, 3.05) is 18.4 Å². The fourth-order valence-corrected chi connectivity index (χ4v) is 2.62. The fourth-order valence-electron chi connectivity index (χ4n) is 2.62. The van der Waals surface area contributed by atoms with Crippen molar-refractivity contribution in [1.29, 1.82) is 0 Å². The summed E-state index contributed by atoms with van der Waals surface area (Å²) >= 11 is 0. The van der Waals surface area contributed by atoms with Gasteiger partial charge in [-0.05, 0) is 31.0 Å². The third kappa shape index (κ3) is 1.43. The van der Waals surface area contributed by atoms with E-state index in [2.05, 4.69) is 28.8 Å². The van der Waals surface area contributed by atoms with Crippen molar-refractivity contribution < 1.29 is 5.11 Å². The van der Waals surface area contributed by atoms with Crippen LogP contribution in [0.1, 0.15) is 12.0 Å². The summed E-state index contributed by atoms with van der Waals surface area (Å²) in [5.41, 5.74) is 1.93. The highest BCUT2D eigenvalue weighted by molar-refractivity contribution is 5.57. The minimum absolute atomic E-state index is 0.171. The molecule has 80 valence electrons. The molecular weight excluding hydrogens is 188 g/mol. The van der Waals surface area contributed by atoms with Gasteiger partial charge in [-0.25, -0.2) is 0 Å². The molecule has 2 aliphatic rings. The van der Waals surface area contributed by atoms with Gasteiger partial charge in [0.2, 0.25) is 0 Å². The van der Waals surface area contributed by atoms with E-state index in [1.54, 1.807) is 0 Å². The van der Waals surface area contributed by atoms with Gasteiger partial charge in [0.05, 0.1) is 11.6 Å². The average molecular weight is 204 g/mol. The van der Waals surface area contributed by atoms with E-state index in [-0.39, 0.29) is 6.04 Å². The summed E-state index contributed by atoms with van der Waals surface area (Å²) in [5.74, 6) is 0. The fraction of sp³-hybridized carbons (Fsp3) is 0.500. The quantitative estimate of drug-likeness (QED) is 0.632. The van der Waals surface area contributed by atoms with E-state index >= 15 is 0 Å². The van der Waals surface area contributed by atoms with Crippen LogP contribution in [0.3, 0.4) is 0 Å². The number of nitrogens with one attached hydrogen (secondary N) is 2. The van der Waals surface area contributed by atoms with Crippen LogP contribution in [0.25, 0.3) is 0 Å². The van der Waals surface area contributed by atoms with Crippen LogP contribution >= 0.6 is 0 Å². The predicted octanol–water partition coefficient (Wildman–Crippen LogP) is 0.748. The smallest absolute Gasteiger partial charge is 0.0986 e. The summed E-state index contributed by atoms with van der Waals surface area (Å²) in [6, 6.07) is 8.48. The molecule has 2 heterocycles. The summed E-state index contributed by atoms with van der Waals surface area (Å²) in [4.78, 5) is 0. The topological polar surface area (TPSA) is 44.3 Å². The maximum atomic E-state index is 10.4. The molecule has 1 fully saturated rings. The Bertz CT molecular complexity index is 347. The molecule has 0 spiro atoms. The van der Waals surface area contributed by atoms with Crippen LogP contribution < -0.4 is 10.6 Å². The second kappa shape index (κ2) is 3.22. The lowest BCUT2D eigenvalue weighted by Crippen LogP contribution is -2.47. The maximum Gasteiger partial charge on any atom is 0.0986 e. The summed E-state index contributed by atoms with van der Waals surface area (Å²) < 4.78 is 0. The Morgan fingerprint density at radius 3 is 2.93 bits per heavy atom. The average Bonchev–Trinajstić information content (AvgIpc) is 2.84. The van der Waals surface area contributed by atoms with Crippen LogP contribution in [-0.4, -0.2) is 29.8 Å². The lowest BCUT2D eigenvalue weighted by molar-refractivity contribution is 0.0431. The molecule has 3 N–H and O–H groups in total. The molecule has 3 heteroatoms. The SMILES string of the molecule is OC1(C2Cc3ccccc3N2)CCNC1. The number of β-amino-alcohol motifs (C(OH)–C–C–N with tert-alkyl or cyclic N) is 1. The van der Waals surface area contributed by atoms with Crippen LogP contribution in [0.2, 0.25) is 0 Å². The Labute approximate surface area is 89.5 Å². The summed E-state index contributed by atoms with van der Waals surface area (Å²) in [6.07, 6.45) is 1.78. The Balaban J connectivity index is 1.84. The van der Waals surface area contributed by atoms with E-state index in [4.69, 9.17) is 0 Å². The molecule has 3 rings (SSSR count). The molecular formula is C12H16N2O. The zero-order valence-corrected chi connectivity index (χ0v) is 8.66. The Kier molecular flexibility index (Phi) is 1.97. The second-order valence-corrected chi connectivity index (χ2v) is 4.59. The highest BCUT2D eigenvalue weighted by Crippen LogP contribution is 2.32. The number of anilines is 1. The number of aliphatic hydroxyl groups is 1. The molecule has 3 nitrogen and oxygen atoms in total. The number of hydrogen-bond donors (Lipinski definition) is 3. The van der Waals surface area contributed by atoms with Crippen molar-refractivity contribution in [2.24, 2.45) is 0 Å². The molecule has 15 heavy (non-hydrogen) atoms. The summed E-state index contributed by atoms with van der Waals surface area (Å²) in [5, 5.41) is 17.1. The largest absolute Gasteiger partial charge is 0.386 e. The standard InChI is InChI=1S/C12H16N2O/c15-12(5-6-13-8-12)11-7-9-3-1-2-4-10(9)14-11/h1-4,11,13-15H,5-8H2. The normalized spacial score (nSPS) is 33.8. The first-order valence-corrected chi connectivity index (χ1v) is 5.55. The van der Waals surface area contributed by atoms with Gasteiger partial charge in [-0.1, -0.05) is 18.2 Å². The number of para-hydroxylation sites is 1. The van der Waals surface area contributed by atoms with Gasteiger partial charge >= 0.3 is 0 Å². The third-order valence-electron chi connectivity index (χ3n) is 3.59. The molecule has 1 aromatic carbocycles. The Morgan fingerprint density at radius 1 is 1.33 bits per heavy atom. The maximum absolute atomic E-state index is 10.4. The molecule has 0 bridgehead atoms. The van der Waals surface area contributed by atoms with E-state index in [0.717, 1.165) is 19.4 Å². The number of rotatable bonds is 1. The van der Waals surface area contributed by atoms with Crippen LogP contribution in [0, 0.1) is 0 Å². The van der Waals surface area contributed by atoms with Crippen molar-refractivity contribution in [2.45, 2.75) is 24.5 Å². The Hall–Kier alpha value is -1.06. The van der Waals surface area contributed by atoms with E-state index in [9.17, 15) is 5.11 Å². The summed E-state index contributed by atoms with van der Waals surface area (Å²) in [7, 11) is 0. The first kappa shape index (κ1) is 9.19. The molecule has 2 atom stereocenters. The molecule has 0 saturated carbocycles. The molecule has 0 aromatic heterocycles. The molecule has 0 radical (unpaired) electrons. The van der Waals surface area contributed by atoms with Gasteiger partial charge in [0.25, 0.3) is 0 Å². The van der Waals surface area contributed by atoms with Crippen LogP contribution in [-0.2, 0) is 6.42 Å². The van der Waals surface area contributed by atoms with Gasteiger partial charge in [0.15, 0.2) is 0 Å². The van der Waals surface area contributed by atoms with Gasteiger partial charge in [-0.15, -0.1) is 0 Å². The molecule has 1 saturated heterocycles. The molecule has 1 aromatic rings. The predicted molar refractivity (Wildman–Crippen MR) is 60.0 cm³/mol. The van der Waals surface area contributed by atoms with Gasteiger partial charge in [0.1, 0.15) is 0 Å². The minimum Gasteiger partial charge on any atom is -0.386 e. The molecule has 0 amide bonds. The second-order valence-electron chi connectivity index (χ2n) is 4.59. The number of benzene rings is 1. The van der Waals surface area contributed by atoms with E-state index < -0.39 is 5.60 Å². The lowest BCUT2D eigenvalue weighted by atomic mass is 9.91. The zero-order valence-electron chi connectivity index (χ0n) is 8.66. The van der Waals surface area contributed by atoms with Crippen molar-refractivity contribution in [1.82, 2.24) is 5.32 Å². The first-order chi connectivity index (χ1) is 7.28. The van der Waals surface area contributed by atoms with Gasteiger partial charge in [-0.2, -0.15) is 0 Å². The van der Waals surface area contributed by atoms with Gasteiger partial charge < -0.3 is 15.7 Å². The number of hydrogen-bond acceptors (Lipinski definition) is 3. The van der Waals surface area contributed by atoms with E-state index in [0.29, 0.717) is 6.54 Å². The first-order valence-electron chi connectivity index (χ1n) is 5.55. The van der Waals surface area contributed by atoms with E-state index in [1.165, 1.54) is 11.3 Å². The highest BCUT2D eigenvalue weighted by atomic mass is 16.3. The monoisotopic (exact) mass is 204 g/mol. The van der Waals surface area contributed by atoms with E-state index in [1.807, 2.05) is 6.07 Å². The zero-order chi connectivity index (χ0) is 10.3. The van der Waals surface area contributed by atoms with Crippen molar-refractivity contribution in [3.8, 4) is 0 Å². The molecule has 2 aliphatic heterocycles. The van der Waals surface area contributed by atoms with Crippen molar-refractivity contribution in [3.05, 3.63) is 29.8 Å². The Morgan fingerprint density at radius 2 is 2.20 bits per heavy atom.